The molecule has 2 fully saturated rings. The molecule has 0 bridgehead atoms. The Kier molecular flexibility index (Phi) is 5.42. The van der Waals surface area contributed by atoms with Gasteiger partial charge in [0.05, 0.1) is 5.92 Å². The first-order chi connectivity index (χ1) is 11.9. The predicted octanol–water partition coefficient (Wildman–Crippen LogP) is 1.93. The largest absolute Gasteiger partial charge is 0.340 e. The maximum absolute atomic E-state index is 12.9. The summed E-state index contributed by atoms with van der Waals surface area (Å²) in [7, 11) is 2.09. The number of benzene rings is 1. The average molecular weight is 343 g/mol. The van der Waals surface area contributed by atoms with E-state index in [4.69, 9.17) is 0 Å². The van der Waals surface area contributed by atoms with Gasteiger partial charge in [-0.25, -0.2) is 0 Å². The summed E-state index contributed by atoms with van der Waals surface area (Å²) in [5, 5.41) is 0. The SMILES string of the molecule is Cc1cc(C)cc(C(=O)N2CCC[C@H](C(=O)N3CCN(C)CC3)C2)c1. The van der Waals surface area contributed by atoms with E-state index < -0.39 is 0 Å². The Labute approximate surface area is 150 Å². The smallest absolute Gasteiger partial charge is 0.253 e. The van der Waals surface area contributed by atoms with Gasteiger partial charge in [-0.3, -0.25) is 9.59 Å². The number of piperazine rings is 1. The van der Waals surface area contributed by atoms with Gasteiger partial charge in [0.25, 0.3) is 5.91 Å². The van der Waals surface area contributed by atoms with Crippen LogP contribution in [0.3, 0.4) is 0 Å². The molecule has 0 radical (unpaired) electrons. The number of amides is 2. The quantitative estimate of drug-likeness (QED) is 0.824. The number of piperidine rings is 1. The molecule has 0 aliphatic carbocycles. The number of carbonyl (C=O) groups is 2. The van der Waals surface area contributed by atoms with Crippen LogP contribution < -0.4 is 0 Å². The number of hydrogen-bond donors (Lipinski definition) is 0. The number of likely N-dealkylation sites (tertiary alicyclic amines) is 1. The summed E-state index contributed by atoms with van der Waals surface area (Å²) >= 11 is 0. The van der Waals surface area contributed by atoms with Crippen molar-refractivity contribution in [3.63, 3.8) is 0 Å². The van der Waals surface area contributed by atoms with E-state index in [1.54, 1.807) is 0 Å². The molecule has 2 amide bonds. The first kappa shape index (κ1) is 17.9. The molecule has 2 aliphatic heterocycles. The summed E-state index contributed by atoms with van der Waals surface area (Å²) in [4.78, 5) is 31.8. The van der Waals surface area contributed by atoms with Gasteiger partial charge in [0.2, 0.25) is 5.91 Å². The Bertz CT molecular complexity index is 630. The summed E-state index contributed by atoms with van der Waals surface area (Å²) in [5.41, 5.74) is 2.95. The maximum Gasteiger partial charge on any atom is 0.253 e. The molecule has 1 aromatic rings. The zero-order valence-corrected chi connectivity index (χ0v) is 15.6. The molecule has 0 unspecified atom stereocenters. The fourth-order valence-corrected chi connectivity index (χ4v) is 3.93. The van der Waals surface area contributed by atoms with E-state index in [0.717, 1.165) is 62.3 Å². The molecule has 2 saturated heterocycles. The van der Waals surface area contributed by atoms with E-state index in [1.807, 2.05) is 35.8 Å². The van der Waals surface area contributed by atoms with E-state index >= 15 is 0 Å². The van der Waals surface area contributed by atoms with Gasteiger partial charge >= 0.3 is 0 Å². The van der Waals surface area contributed by atoms with Crippen LogP contribution in [-0.2, 0) is 4.79 Å². The standard InChI is InChI=1S/C20H29N3O2/c1-15-11-16(2)13-18(12-15)20(25)23-6-4-5-17(14-23)19(24)22-9-7-21(3)8-10-22/h11-13,17H,4-10,14H2,1-3H3/t17-/m0/s1. The van der Waals surface area contributed by atoms with Gasteiger partial charge in [0.1, 0.15) is 0 Å². The lowest BCUT2D eigenvalue weighted by Crippen LogP contribution is -2.52. The Hall–Kier alpha value is -1.88. The molecular formula is C20H29N3O2. The summed E-state index contributed by atoms with van der Waals surface area (Å²) < 4.78 is 0. The lowest BCUT2D eigenvalue weighted by molar-refractivity contribution is -0.138. The zero-order chi connectivity index (χ0) is 18.0. The number of likely N-dealkylation sites (N-methyl/N-ethyl adjacent to an activating group) is 1. The van der Waals surface area contributed by atoms with Gasteiger partial charge in [-0.15, -0.1) is 0 Å². The highest BCUT2D eigenvalue weighted by Crippen LogP contribution is 2.22. The van der Waals surface area contributed by atoms with Gasteiger partial charge in [-0.05, 0) is 45.9 Å². The highest BCUT2D eigenvalue weighted by molar-refractivity contribution is 5.95. The molecule has 0 aromatic heterocycles. The van der Waals surface area contributed by atoms with Crippen LogP contribution in [0.15, 0.2) is 18.2 Å². The third-order valence-electron chi connectivity index (χ3n) is 5.34. The van der Waals surface area contributed by atoms with Crippen LogP contribution in [0.25, 0.3) is 0 Å². The van der Waals surface area contributed by atoms with Crippen LogP contribution in [0.5, 0.6) is 0 Å². The normalized spacial score (nSPS) is 22.1. The molecule has 1 aromatic carbocycles. The minimum absolute atomic E-state index is 0.0491. The molecule has 2 heterocycles. The molecule has 0 spiro atoms. The van der Waals surface area contributed by atoms with E-state index in [9.17, 15) is 9.59 Å². The molecule has 0 N–H and O–H groups in total. The van der Waals surface area contributed by atoms with Crippen molar-refractivity contribution in [2.75, 3.05) is 46.3 Å². The number of aryl methyl sites for hydroxylation is 2. The van der Waals surface area contributed by atoms with Gasteiger partial charge < -0.3 is 14.7 Å². The summed E-state index contributed by atoms with van der Waals surface area (Å²) in [5.74, 6) is 0.237. The molecule has 5 heteroatoms. The molecule has 136 valence electrons. The van der Waals surface area contributed by atoms with Crippen LogP contribution in [0.4, 0.5) is 0 Å². The van der Waals surface area contributed by atoms with Gasteiger partial charge in [0.15, 0.2) is 0 Å². The second kappa shape index (κ2) is 7.56. The topological polar surface area (TPSA) is 43.9 Å². The number of carbonyl (C=O) groups excluding carboxylic acids is 2. The average Bonchev–Trinajstić information content (AvgIpc) is 2.60. The molecular weight excluding hydrogens is 314 g/mol. The predicted molar refractivity (Wildman–Crippen MR) is 98.6 cm³/mol. The van der Waals surface area contributed by atoms with E-state index in [0.29, 0.717) is 6.54 Å². The van der Waals surface area contributed by atoms with Crippen molar-refractivity contribution in [3.05, 3.63) is 34.9 Å². The first-order valence-corrected chi connectivity index (χ1v) is 9.29. The van der Waals surface area contributed by atoms with Crippen molar-refractivity contribution >= 4 is 11.8 Å². The van der Waals surface area contributed by atoms with Crippen molar-refractivity contribution in [2.45, 2.75) is 26.7 Å². The van der Waals surface area contributed by atoms with Crippen molar-refractivity contribution < 1.29 is 9.59 Å². The van der Waals surface area contributed by atoms with Crippen LogP contribution in [0, 0.1) is 19.8 Å². The molecule has 3 rings (SSSR count). The molecule has 25 heavy (non-hydrogen) atoms. The lowest BCUT2D eigenvalue weighted by Gasteiger charge is -2.38. The summed E-state index contributed by atoms with van der Waals surface area (Å²) in [6.45, 7) is 8.80. The minimum Gasteiger partial charge on any atom is -0.340 e. The fourth-order valence-electron chi connectivity index (χ4n) is 3.93. The monoisotopic (exact) mass is 343 g/mol. The highest BCUT2D eigenvalue weighted by atomic mass is 16.2. The van der Waals surface area contributed by atoms with E-state index in [2.05, 4.69) is 18.0 Å². The first-order valence-electron chi connectivity index (χ1n) is 9.29. The summed E-state index contributed by atoms with van der Waals surface area (Å²) in [6.07, 6.45) is 1.79. The Balaban J connectivity index is 1.66. The van der Waals surface area contributed by atoms with Crippen LogP contribution in [-0.4, -0.2) is 72.8 Å². The number of rotatable bonds is 2. The molecule has 1 atom stereocenters. The van der Waals surface area contributed by atoms with Gasteiger partial charge in [-0.1, -0.05) is 17.2 Å². The second-order valence-electron chi connectivity index (χ2n) is 7.60. The molecule has 2 aliphatic rings. The zero-order valence-electron chi connectivity index (χ0n) is 15.6. The summed E-state index contributed by atoms with van der Waals surface area (Å²) in [6, 6.07) is 5.97. The van der Waals surface area contributed by atoms with Gasteiger partial charge in [-0.2, -0.15) is 0 Å². The van der Waals surface area contributed by atoms with Crippen LogP contribution in [0.1, 0.15) is 34.3 Å². The van der Waals surface area contributed by atoms with Crippen molar-refractivity contribution in [3.8, 4) is 0 Å². The van der Waals surface area contributed by atoms with Crippen LogP contribution >= 0.6 is 0 Å². The Morgan fingerprint density at radius 3 is 2.20 bits per heavy atom. The van der Waals surface area contributed by atoms with E-state index in [-0.39, 0.29) is 17.7 Å². The van der Waals surface area contributed by atoms with Crippen molar-refractivity contribution in [1.29, 1.82) is 0 Å². The third-order valence-corrected chi connectivity index (χ3v) is 5.34. The number of nitrogens with zero attached hydrogens (tertiary/aromatic N) is 3. The Morgan fingerprint density at radius 2 is 1.56 bits per heavy atom. The third kappa shape index (κ3) is 4.21. The second-order valence-corrected chi connectivity index (χ2v) is 7.60. The van der Waals surface area contributed by atoms with Crippen molar-refractivity contribution in [2.24, 2.45) is 5.92 Å². The maximum atomic E-state index is 12.9. The van der Waals surface area contributed by atoms with Gasteiger partial charge in [0, 0.05) is 44.8 Å². The minimum atomic E-state index is -0.0491. The highest BCUT2D eigenvalue weighted by Gasteiger charge is 2.32. The Morgan fingerprint density at radius 1 is 0.920 bits per heavy atom. The lowest BCUT2D eigenvalue weighted by atomic mass is 9.95. The number of hydrogen-bond acceptors (Lipinski definition) is 3. The molecule has 5 nitrogen and oxygen atoms in total. The fraction of sp³-hybridized carbons (Fsp3) is 0.600. The van der Waals surface area contributed by atoms with Crippen molar-refractivity contribution in [1.82, 2.24) is 14.7 Å². The molecule has 0 saturated carbocycles. The van der Waals surface area contributed by atoms with Crippen LogP contribution in [0.2, 0.25) is 0 Å². The van der Waals surface area contributed by atoms with E-state index in [1.165, 1.54) is 0 Å².